The van der Waals surface area contributed by atoms with E-state index in [0.29, 0.717) is 6.54 Å². The number of amides is 1. The predicted molar refractivity (Wildman–Crippen MR) is 106 cm³/mol. The number of fused-ring (bicyclic) bond motifs is 1. The van der Waals surface area contributed by atoms with E-state index in [1.54, 1.807) is 14.0 Å². The number of hydrogen-bond donors (Lipinski definition) is 1. The van der Waals surface area contributed by atoms with Crippen molar-refractivity contribution >= 4 is 16.8 Å². The molecule has 1 unspecified atom stereocenters. The molecule has 136 valence electrons. The van der Waals surface area contributed by atoms with Gasteiger partial charge >= 0.3 is 0 Å². The number of nitrogens with one attached hydrogen (secondary N) is 1. The number of aryl methyl sites for hydroxylation is 2. The molecule has 1 N–H and O–H groups in total. The lowest BCUT2D eigenvalue weighted by Gasteiger charge is -2.11. The Hall–Kier alpha value is -2.75. The fraction of sp³-hybridized carbons (Fsp3) is 0.318. The third kappa shape index (κ3) is 4.07. The Balaban J connectivity index is 1.91. The summed E-state index contributed by atoms with van der Waals surface area (Å²) >= 11 is 0. The Morgan fingerprint density at radius 1 is 1.19 bits per heavy atom. The summed E-state index contributed by atoms with van der Waals surface area (Å²) in [7, 11) is 1.69. The van der Waals surface area contributed by atoms with Crippen LogP contribution >= 0.6 is 0 Å². The minimum absolute atomic E-state index is 0.00208. The van der Waals surface area contributed by atoms with E-state index in [9.17, 15) is 4.79 Å². The number of nitrogens with zero attached hydrogens (tertiary/aromatic N) is 1. The van der Waals surface area contributed by atoms with Crippen LogP contribution in [0.25, 0.3) is 10.9 Å². The van der Waals surface area contributed by atoms with Crippen molar-refractivity contribution in [3.8, 4) is 5.75 Å². The molecule has 26 heavy (non-hydrogen) atoms. The highest BCUT2D eigenvalue weighted by Crippen LogP contribution is 2.31. The second-order valence-corrected chi connectivity index (χ2v) is 6.73. The zero-order valence-corrected chi connectivity index (χ0v) is 15.7. The number of benzene rings is 2. The van der Waals surface area contributed by atoms with E-state index in [-0.39, 0.29) is 11.8 Å². The number of carbonyl (C=O) groups excluding carboxylic acids is 1. The first-order valence-corrected chi connectivity index (χ1v) is 9.03. The van der Waals surface area contributed by atoms with E-state index >= 15 is 0 Å². The van der Waals surface area contributed by atoms with Crippen LogP contribution in [0, 0.1) is 0 Å². The third-order valence-corrected chi connectivity index (χ3v) is 4.79. The maximum Gasteiger partial charge on any atom is 0.216 e. The van der Waals surface area contributed by atoms with Crippen molar-refractivity contribution in [1.29, 1.82) is 0 Å². The largest absolute Gasteiger partial charge is 0.497 e. The number of methoxy groups -OCH3 is 1. The molecule has 1 atom stereocenters. The molecule has 0 spiro atoms. The number of ether oxygens (including phenoxy) is 1. The Bertz CT molecular complexity index is 884. The summed E-state index contributed by atoms with van der Waals surface area (Å²) in [6.07, 6.45) is 3.20. The second kappa shape index (κ2) is 8.09. The number of aromatic nitrogens is 1. The maximum absolute atomic E-state index is 11.3. The molecule has 4 heteroatoms. The highest BCUT2D eigenvalue weighted by molar-refractivity contribution is 5.86. The average Bonchev–Trinajstić information content (AvgIpc) is 3.03. The minimum atomic E-state index is 0.00208. The molecule has 2 aromatic carbocycles. The van der Waals surface area contributed by atoms with Gasteiger partial charge in [-0.05, 0) is 35.7 Å². The summed E-state index contributed by atoms with van der Waals surface area (Å²) in [5.41, 5.74) is 3.77. The molecule has 1 heterocycles. The molecular weight excluding hydrogens is 324 g/mol. The second-order valence-electron chi connectivity index (χ2n) is 6.73. The molecule has 0 fully saturated rings. The van der Waals surface area contributed by atoms with Crippen LogP contribution in [0.15, 0.2) is 54.7 Å². The van der Waals surface area contributed by atoms with E-state index in [2.05, 4.69) is 59.4 Å². The fourth-order valence-electron chi connectivity index (χ4n) is 3.31. The van der Waals surface area contributed by atoms with Crippen LogP contribution in [0.4, 0.5) is 0 Å². The molecule has 3 aromatic rings. The van der Waals surface area contributed by atoms with Crippen molar-refractivity contribution in [2.24, 2.45) is 0 Å². The molecule has 4 nitrogen and oxygen atoms in total. The quantitative estimate of drug-likeness (QED) is 0.696. The highest BCUT2D eigenvalue weighted by Gasteiger charge is 2.15. The maximum atomic E-state index is 11.3. The standard InChI is InChI=1S/C22H26N2O2/c1-16(14-23-17(2)25)21-15-24(12-11-18-7-5-4-6-8-18)22-10-9-19(26-3)13-20(21)22/h4-10,13,15-16H,11-12,14H2,1-3H3,(H,23,25). The molecule has 0 bridgehead atoms. The van der Waals surface area contributed by atoms with Crippen LogP contribution in [-0.4, -0.2) is 24.1 Å². The Labute approximate surface area is 154 Å². The zero-order chi connectivity index (χ0) is 18.5. The Morgan fingerprint density at radius 2 is 1.96 bits per heavy atom. The van der Waals surface area contributed by atoms with E-state index in [1.807, 2.05) is 12.1 Å². The molecule has 0 aliphatic carbocycles. The van der Waals surface area contributed by atoms with E-state index < -0.39 is 0 Å². The van der Waals surface area contributed by atoms with Crippen LogP contribution in [-0.2, 0) is 17.8 Å². The molecular formula is C22H26N2O2. The van der Waals surface area contributed by atoms with Gasteiger partial charge in [0.1, 0.15) is 5.75 Å². The third-order valence-electron chi connectivity index (χ3n) is 4.79. The van der Waals surface area contributed by atoms with Crippen molar-refractivity contribution in [1.82, 2.24) is 9.88 Å². The van der Waals surface area contributed by atoms with Gasteiger partial charge in [0.2, 0.25) is 5.91 Å². The van der Waals surface area contributed by atoms with Crippen molar-refractivity contribution in [2.75, 3.05) is 13.7 Å². The summed E-state index contributed by atoms with van der Waals surface area (Å²) in [6, 6.07) is 16.7. The minimum Gasteiger partial charge on any atom is -0.497 e. The van der Waals surface area contributed by atoms with E-state index in [0.717, 1.165) is 18.7 Å². The monoisotopic (exact) mass is 350 g/mol. The SMILES string of the molecule is COc1ccc2c(c1)c(C(C)CNC(C)=O)cn2CCc1ccccc1. The Kier molecular flexibility index (Phi) is 5.61. The van der Waals surface area contributed by atoms with Gasteiger partial charge in [0.05, 0.1) is 7.11 Å². The number of carbonyl (C=O) groups is 1. The number of hydrogen-bond acceptors (Lipinski definition) is 2. The van der Waals surface area contributed by atoms with Gasteiger partial charge in [0, 0.05) is 43.0 Å². The summed E-state index contributed by atoms with van der Waals surface area (Å²) < 4.78 is 7.72. The average molecular weight is 350 g/mol. The summed E-state index contributed by atoms with van der Waals surface area (Å²) in [4.78, 5) is 11.3. The van der Waals surface area contributed by atoms with Crippen molar-refractivity contribution in [3.05, 3.63) is 65.9 Å². The topological polar surface area (TPSA) is 43.3 Å². The Morgan fingerprint density at radius 3 is 2.65 bits per heavy atom. The molecule has 0 aliphatic heterocycles. The molecule has 0 aliphatic rings. The highest BCUT2D eigenvalue weighted by atomic mass is 16.5. The summed E-state index contributed by atoms with van der Waals surface area (Å²) in [5.74, 6) is 1.08. The van der Waals surface area contributed by atoms with Crippen molar-refractivity contribution in [3.63, 3.8) is 0 Å². The number of rotatable bonds is 7. The predicted octanol–water partition coefficient (Wildman–Crippen LogP) is 4.13. The lowest BCUT2D eigenvalue weighted by atomic mass is 10.0. The van der Waals surface area contributed by atoms with E-state index in [1.165, 1.54) is 22.0 Å². The van der Waals surface area contributed by atoms with E-state index in [4.69, 9.17) is 4.74 Å². The summed E-state index contributed by atoms with van der Waals surface area (Å²) in [6.45, 7) is 5.24. The van der Waals surface area contributed by atoms with Gasteiger partial charge in [0.15, 0.2) is 0 Å². The summed E-state index contributed by atoms with van der Waals surface area (Å²) in [5, 5.41) is 4.11. The van der Waals surface area contributed by atoms with Gasteiger partial charge in [-0.2, -0.15) is 0 Å². The molecule has 1 amide bonds. The lowest BCUT2D eigenvalue weighted by Crippen LogP contribution is -2.24. The van der Waals surface area contributed by atoms with Gasteiger partial charge in [0.25, 0.3) is 0 Å². The first-order valence-electron chi connectivity index (χ1n) is 9.03. The van der Waals surface area contributed by atoms with Crippen LogP contribution in [0.1, 0.15) is 30.9 Å². The van der Waals surface area contributed by atoms with Gasteiger partial charge < -0.3 is 14.6 Å². The van der Waals surface area contributed by atoms with Crippen LogP contribution in [0.3, 0.4) is 0 Å². The van der Waals surface area contributed by atoms with Crippen LogP contribution in [0.2, 0.25) is 0 Å². The first-order chi connectivity index (χ1) is 12.6. The fourth-order valence-corrected chi connectivity index (χ4v) is 3.31. The smallest absolute Gasteiger partial charge is 0.216 e. The molecule has 0 radical (unpaired) electrons. The van der Waals surface area contributed by atoms with Gasteiger partial charge in [-0.25, -0.2) is 0 Å². The van der Waals surface area contributed by atoms with Gasteiger partial charge in [-0.15, -0.1) is 0 Å². The van der Waals surface area contributed by atoms with Gasteiger partial charge in [-0.3, -0.25) is 4.79 Å². The van der Waals surface area contributed by atoms with Crippen LogP contribution < -0.4 is 10.1 Å². The first kappa shape index (κ1) is 18.1. The van der Waals surface area contributed by atoms with Crippen molar-refractivity contribution < 1.29 is 9.53 Å². The normalized spacial score (nSPS) is 12.1. The molecule has 3 rings (SSSR count). The molecule has 0 saturated heterocycles. The zero-order valence-electron chi connectivity index (χ0n) is 15.7. The van der Waals surface area contributed by atoms with Crippen LogP contribution in [0.5, 0.6) is 5.75 Å². The molecule has 1 aromatic heterocycles. The molecule has 0 saturated carbocycles. The van der Waals surface area contributed by atoms with Crippen molar-refractivity contribution in [2.45, 2.75) is 32.7 Å². The van der Waals surface area contributed by atoms with Gasteiger partial charge in [-0.1, -0.05) is 37.3 Å². The lowest BCUT2D eigenvalue weighted by molar-refractivity contribution is -0.119.